The van der Waals surface area contributed by atoms with E-state index in [0.29, 0.717) is 0 Å². The Morgan fingerprint density at radius 1 is 1.21 bits per heavy atom. The van der Waals surface area contributed by atoms with Gasteiger partial charge in [-0.1, -0.05) is 6.92 Å². The normalized spacial score (nSPS) is 33.8. The van der Waals surface area contributed by atoms with Crippen molar-refractivity contribution in [3.8, 4) is 0 Å². The van der Waals surface area contributed by atoms with Gasteiger partial charge in [-0.25, -0.2) is 0 Å². The average Bonchev–Trinajstić information content (AvgIpc) is 2.78. The summed E-state index contributed by atoms with van der Waals surface area (Å²) >= 11 is 0. The van der Waals surface area contributed by atoms with Crippen molar-refractivity contribution in [2.75, 3.05) is 33.6 Å². The molecule has 0 radical (unpaired) electrons. The molecule has 11 heteroatoms. The third kappa shape index (κ3) is 6.30. The minimum Gasteiger partial charge on any atom is -0.394 e. The number of aliphatic hydroxyl groups is 4. The Morgan fingerprint density at radius 2 is 1.79 bits per heavy atom. The molecule has 0 saturated carbocycles. The van der Waals surface area contributed by atoms with Gasteiger partial charge in [0.2, 0.25) is 0 Å². The molecule has 1 aliphatic heterocycles. The van der Waals surface area contributed by atoms with Crippen molar-refractivity contribution < 1.29 is 48.6 Å². The number of hydrogen-bond donors (Lipinski definition) is 5. The van der Waals surface area contributed by atoms with E-state index in [2.05, 4.69) is 4.74 Å². The zero-order chi connectivity index (χ0) is 18.5. The van der Waals surface area contributed by atoms with E-state index in [1.54, 1.807) is 6.92 Å². The van der Waals surface area contributed by atoms with Crippen molar-refractivity contribution in [2.24, 2.45) is 5.92 Å². The number of aliphatic hydroxyl groups excluding tert-OH is 4. The Morgan fingerprint density at radius 3 is 2.29 bits per heavy atom. The Hall–Kier alpha value is -0.130. The van der Waals surface area contributed by atoms with Gasteiger partial charge in [0.25, 0.3) is 0 Å². The molecule has 0 aromatic rings. The van der Waals surface area contributed by atoms with E-state index in [4.69, 9.17) is 14.0 Å². The molecular formula is C13H27O10P. The van der Waals surface area contributed by atoms with Crippen LogP contribution in [0.2, 0.25) is 0 Å². The number of methoxy groups -OCH3 is 1. The van der Waals surface area contributed by atoms with Crippen LogP contribution in [0.3, 0.4) is 0 Å². The van der Waals surface area contributed by atoms with E-state index in [0.717, 1.165) is 6.66 Å². The highest BCUT2D eigenvalue weighted by Gasteiger charge is 2.45. The van der Waals surface area contributed by atoms with Crippen molar-refractivity contribution >= 4 is 7.60 Å². The monoisotopic (exact) mass is 374 g/mol. The molecule has 0 spiro atoms. The lowest BCUT2D eigenvalue weighted by atomic mass is 10.0. The summed E-state index contributed by atoms with van der Waals surface area (Å²) in [5, 5.41) is 38.4. The van der Waals surface area contributed by atoms with Crippen molar-refractivity contribution in [2.45, 2.75) is 43.7 Å². The van der Waals surface area contributed by atoms with E-state index >= 15 is 0 Å². The molecule has 5 unspecified atom stereocenters. The fourth-order valence-corrected chi connectivity index (χ4v) is 3.19. The molecule has 8 atom stereocenters. The van der Waals surface area contributed by atoms with Crippen molar-refractivity contribution in [1.29, 1.82) is 0 Å². The molecule has 1 fully saturated rings. The third-order valence-electron chi connectivity index (χ3n) is 3.68. The van der Waals surface area contributed by atoms with Crippen LogP contribution in [0, 0.1) is 5.92 Å². The van der Waals surface area contributed by atoms with Gasteiger partial charge < -0.3 is 44.1 Å². The number of ether oxygens (including phenoxy) is 3. The van der Waals surface area contributed by atoms with Gasteiger partial charge in [0, 0.05) is 19.7 Å². The highest BCUT2D eigenvalue weighted by atomic mass is 31.2. The summed E-state index contributed by atoms with van der Waals surface area (Å²) < 4.78 is 31.9. The first-order valence-corrected chi connectivity index (χ1v) is 9.53. The molecule has 144 valence electrons. The van der Waals surface area contributed by atoms with Gasteiger partial charge in [-0.2, -0.15) is 0 Å². The second-order valence-corrected chi connectivity index (χ2v) is 7.69. The Labute approximate surface area is 140 Å². The number of rotatable bonds is 10. The summed E-state index contributed by atoms with van der Waals surface area (Å²) in [5.41, 5.74) is 0. The largest absolute Gasteiger partial charge is 0.394 e. The zero-order valence-electron chi connectivity index (χ0n) is 13.9. The molecule has 5 N–H and O–H groups in total. The minimum atomic E-state index is -3.79. The first kappa shape index (κ1) is 21.9. The quantitative estimate of drug-likeness (QED) is 0.279. The molecule has 1 heterocycles. The van der Waals surface area contributed by atoms with E-state index in [-0.39, 0.29) is 13.2 Å². The van der Waals surface area contributed by atoms with Gasteiger partial charge in [-0.05, 0) is 0 Å². The standard InChI is InChI=1S/C13H27O10P/c1-7-12(23-24(3,18)19)10(4-14)22-13(7)21-6-9(16)11(17)8(15)5-20-2/h7-17H,4-6H2,1-3H3,(H,18,19)/t7-,8?,9?,10+,11?,12?,13+/m0/s1. The third-order valence-corrected chi connectivity index (χ3v) is 4.31. The fourth-order valence-electron chi connectivity index (χ4n) is 2.41. The maximum Gasteiger partial charge on any atom is 0.325 e. The predicted molar refractivity (Wildman–Crippen MR) is 81.4 cm³/mol. The molecule has 0 amide bonds. The fraction of sp³-hybridized carbons (Fsp3) is 1.00. The van der Waals surface area contributed by atoms with E-state index in [1.807, 2.05) is 0 Å². The highest BCUT2D eigenvalue weighted by molar-refractivity contribution is 7.51. The van der Waals surface area contributed by atoms with Gasteiger partial charge in [-0.15, -0.1) is 0 Å². The maximum atomic E-state index is 11.4. The van der Waals surface area contributed by atoms with E-state index in [9.17, 15) is 29.9 Å². The smallest absolute Gasteiger partial charge is 0.325 e. The first-order valence-electron chi connectivity index (χ1n) is 7.50. The van der Waals surface area contributed by atoms with Gasteiger partial charge in [-0.3, -0.25) is 4.57 Å². The van der Waals surface area contributed by atoms with Crippen LogP contribution < -0.4 is 0 Å². The average molecular weight is 374 g/mol. The summed E-state index contributed by atoms with van der Waals surface area (Å²) in [6.07, 6.45) is -6.78. The van der Waals surface area contributed by atoms with Crippen LogP contribution in [-0.4, -0.2) is 95.7 Å². The molecule has 0 aliphatic carbocycles. The lowest BCUT2D eigenvalue weighted by Crippen LogP contribution is -2.43. The molecule has 0 bridgehead atoms. The summed E-state index contributed by atoms with van der Waals surface area (Å²) in [5.74, 6) is -0.504. The molecule has 24 heavy (non-hydrogen) atoms. The van der Waals surface area contributed by atoms with Crippen LogP contribution in [0.4, 0.5) is 0 Å². The van der Waals surface area contributed by atoms with Gasteiger partial charge in [0.05, 0.1) is 19.8 Å². The Kier molecular flexibility index (Phi) is 8.71. The summed E-state index contributed by atoms with van der Waals surface area (Å²) in [6.45, 7) is 1.72. The molecule has 10 nitrogen and oxygen atoms in total. The lowest BCUT2D eigenvalue weighted by molar-refractivity contribution is -0.183. The first-order chi connectivity index (χ1) is 11.1. The molecule has 1 saturated heterocycles. The molecular weight excluding hydrogens is 347 g/mol. The summed E-state index contributed by atoms with van der Waals surface area (Å²) in [6, 6.07) is 0. The Balaban J connectivity index is 2.57. The van der Waals surface area contributed by atoms with Crippen LogP contribution in [0.5, 0.6) is 0 Å². The molecule has 1 rings (SSSR count). The van der Waals surface area contributed by atoms with Gasteiger partial charge in [0.15, 0.2) is 6.29 Å². The molecule has 0 aromatic carbocycles. The summed E-state index contributed by atoms with van der Waals surface area (Å²) in [4.78, 5) is 9.34. The predicted octanol–water partition coefficient (Wildman–Crippen LogP) is -1.71. The van der Waals surface area contributed by atoms with Gasteiger partial charge in [0.1, 0.15) is 30.5 Å². The molecule has 0 aromatic heterocycles. The van der Waals surface area contributed by atoms with Crippen LogP contribution in [0.1, 0.15) is 6.92 Å². The highest BCUT2D eigenvalue weighted by Crippen LogP contribution is 2.44. The lowest BCUT2D eigenvalue weighted by Gasteiger charge is -2.25. The van der Waals surface area contributed by atoms with E-state index < -0.39 is 56.9 Å². The van der Waals surface area contributed by atoms with Gasteiger partial charge >= 0.3 is 7.60 Å². The van der Waals surface area contributed by atoms with Crippen LogP contribution in [0.15, 0.2) is 0 Å². The molecule has 1 aliphatic rings. The minimum absolute atomic E-state index is 0.153. The topological polar surface area (TPSA) is 155 Å². The second-order valence-electron chi connectivity index (χ2n) is 5.87. The zero-order valence-corrected chi connectivity index (χ0v) is 14.8. The second kappa shape index (κ2) is 9.54. The van der Waals surface area contributed by atoms with E-state index in [1.165, 1.54) is 7.11 Å². The van der Waals surface area contributed by atoms with Crippen LogP contribution in [-0.2, 0) is 23.3 Å². The van der Waals surface area contributed by atoms with Crippen LogP contribution >= 0.6 is 7.60 Å². The van der Waals surface area contributed by atoms with Crippen molar-refractivity contribution in [1.82, 2.24) is 0 Å². The van der Waals surface area contributed by atoms with Crippen molar-refractivity contribution in [3.63, 3.8) is 0 Å². The number of hydrogen-bond acceptors (Lipinski definition) is 9. The Bertz CT molecular complexity index is 416. The van der Waals surface area contributed by atoms with Crippen molar-refractivity contribution in [3.05, 3.63) is 0 Å². The maximum absolute atomic E-state index is 11.4. The van der Waals surface area contributed by atoms with Crippen LogP contribution in [0.25, 0.3) is 0 Å². The summed E-state index contributed by atoms with van der Waals surface area (Å²) in [7, 11) is -2.44. The SMILES string of the molecule is COCC(O)C(O)C(O)CO[C@@H]1O[C@H](CO)C(OP(C)(=O)O)[C@@H]1C.